The van der Waals surface area contributed by atoms with Crippen molar-refractivity contribution < 1.29 is 9.22 Å². The van der Waals surface area contributed by atoms with E-state index >= 15 is 0 Å². The number of carbonyl (C=O) groups is 1. The molecule has 2 heterocycles. The monoisotopic (exact) mass is 525 g/mol. The van der Waals surface area contributed by atoms with Crippen molar-refractivity contribution in [2.24, 2.45) is 5.73 Å². The van der Waals surface area contributed by atoms with Crippen molar-refractivity contribution in [1.29, 1.82) is 0 Å². The molecule has 1 amide bonds. The summed E-state index contributed by atoms with van der Waals surface area (Å²) in [5.41, 5.74) is 5.80. The average molecular weight is 526 g/mol. The Bertz CT molecular complexity index is 1450. The first-order valence-electron chi connectivity index (χ1n) is 13.3. The molecule has 1 saturated carbocycles. The second kappa shape index (κ2) is 10.3. The lowest BCUT2D eigenvalue weighted by atomic mass is 9.92. The molecule has 6 nitrogen and oxygen atoms in total. The van der Waals surface area contributed by atoms with E-state index in [2.05, 4.69) is 86.4 Å². The van der Waals surface area contributed by atoms with E-state index in [1.807, 2.05) is 4.57 Å². The number of amides is 1. The molecule has 5 rings (SSSR count). The second-order valence-corrected chi connectivity index (χ2v) is 15.5. The largest absolute Gasteiger partial charge is 0.404 e. The molecular formula is C31H35N3O3Si. The number of carbonyl (C=O) groups excluding carboxylic acids is 1. The number of benzene rings is 2. The van der Waals surface area contributed by atoms with Gasteiger partial charge in [-0.1, -0.05) is 81.4 Å². The molecule has 2 aromatic heterocycles. The number of aromatic nitrogens is 2. The van der Waals surface area contributed by atoms with Crippen LogP contribution in [-0.2, 0) is 4.43 Å². The van der Waals surface area contributed by atoms with Crippen LogP contribution in [0.25, 0.3) is 11.0 Å². The Morgan fingerprint density at radius 1 is 0.921 bits per heavy atom. The van der Waals surface area contributed by atoms with Crippen LogP contribution in [0.4, 0.5) is 0 Å². The average Bonchev–Trinajstić information content (AvgIpc) is 2.92. The van der Waals surface area contributed by atoms with Crippen molar-refractivity contribution in [3.8, 4) is 0 Å². The number of fused-ring (bicyclic) bond motifs is 1. The summed E-state index contributed by atoms with van der Waals surface area (Å²) in [5.74, 6) is -0.710. The van der Waals surface area contributed by atoms with Crippen LogP contribution in [0.1, 0.15) is 62.9 Å². The first kappa shape index (κ1) is 26.1. The molecule has 0 bridgehead atoms. The maximum absolute atomic E-state index is 12.8. The molecular weight excluding hydrogens is 490 g/mol. The first-order chi connectivity index (χ1) is 18.2. The molecule has 2 N–H and O–H groups in total. The van der Waals surface area contributed by atoms with Gasteiger partial charge in [-0.3, -0.25) is 9.59 Å². The van der Waals surface area contributed by atoms with Gasteiger partial charge < -0.3 is 14.7 Å². The zero-order valence-corrected chi connectivity index (χ0v) is 23.3. The summed E-state index contributed by atoms with van der Waals surface area (Å²) in [4.78, 5) is 29.3. The smallest absolute Gasteiger partial charge is 0.261 e. The van der Waals surface area contributed by atoms with Gasteiger partial charge in [0.25, 0.3) is 14.2 Å². The number of hydrogen-bond acceptors (Lipinski definition) is 4. The molecule has 7 heteroatoms. The summed E-state index contributed by atoms with van der Waals surface area (Å²) in [5, 5.41) is 2.90. The molecule has 1 fully saturated rings. The van der Waals surface area contributed by atoms with Gasteiger partial charge in [0.1, 0.15) is 11.2 Å². The van der Waals surface area contributed by atoms with Gasteiger partial charge in [-0.2, -0.15) is 0 Å². The number of hydrogen-bond donors (Lipinski definition) is 1. The summed E-state index contributed by atoms with van der Waals surface area (Å²) in [6.45, 7) is 6.90. The SMILES string of the molecule is CC(C)(C)[Si](OC1CCC(n2cc(C(N)=O)c(=O)c3cccnc32)CC1)(c1ccccc1)c1ccccc1. The van der Waals surface area contributed by atoms with Crippen LogP contribution in [0.3, 0.4) is 0 Å². The highest BCUT2D eigenvalue weighted by molar-refractivity contribution is 6.99. The van der Waals surface area contributed by atoms with Crippen molar-refractivity contribution >= 4 is 35.6 Å². The van der Waals surface area contributed by atoms with E-state index in [0.29, 0.717) is 11.0 Å². The van der Waals surface area contributed by atoms with Crippen molar-refractivity contribution in [2.75, 3.05) is 0 Å². The number of nitrogens with two attached hydrogens (primary N) is 1. The maximum atomic E-state index is 12.8. The predicted molar refractivity (Wildman–Crippen MR) is 155 cm³/mol. The third kappa shape index (κ3) is 4.61. The van der Waals surface area contributed by atoms with Crippen LogP contribution in [0, 0.1) is 0 Å². The number of nitrogens with zero attached hydrogens (tertiary/aromatic N) is 2. The zero-order chi connectivity index (χ0) is 26.9. The lowest BCUT2D eigenvalue weighted by molar-refractivity contribution is 0.0997. The molecule has 0 unspecified atom stereocenters. The summed E-state index contributed by atoms with van der Waals surface area (Å²) in [6.07, 6.45) is 6.86. The van der Waals surface area contributed by atoms with Crippen LogP contribution in [0.15, 0.2) is 90.0 Å². The van der Waals surface area contributed by atoms with Crippen LogP contribution in [-0.4, -0.2) is 29.9 Å². The van der Waals surface area contributed by atoms with Crippen LogP contribution in [0.5, 0.6) is 0 Å². The molecule has 0 aliphatic heterocycles. The Labute approximate surface area is 224 Å². The highest BCUT2D eigenvalue weighted by Gasteiger charge is 2.51. The first-order valence-corrected chi connectivity index (χ1v) is 15.2. The van der Waals surface area contributed by atoms with Gasteiger partial charge in [-0.15, -0.1) is 0 Å². The molecule has 196 valence electrons. The van der Waals surface area contributed by atoms with E-state index in [9.17, 15) is 9.59 Å². The topological polar surface area (TPSA) is 87.2 Å². The molecule has 2 aromatic carbocycles. The highest BCUT2D eigenvalue weighted by atomic mass is 28.4. The van der Waals surface area contributed by atoms with Crippen molar-refractivity contribution in [3.63, 3.8) is 0 Å². The Morgan fingerprint density at radius 3 is 2.03 bits per heavy atom. The summed E-state index contributed by atoms with van der Waals surface area (Å²) in [7, 11) is -2.63. The minimum atomic E-state index is -2.63. The normalized spacial score (nSPS) is 18.4. The predicted octanol–water partition coefficient (Wildman–Crippen LogP) is 4.56. The van der Waals surface area contributed by atoms with Crippen molar-refractivity contribution in [2.45, 2.75) is 63.6 Å². The Kier molecular flexibility index (Phi) is 7.07. The lowest BCUT2D eigenvalue weighted by Gasteiger charge is -2.46. The Balaban J connectivity index is 1.48. The molecule has 1 aliphatic carbocycles. The molecule has 1 aliphatic rings. The van der Waals surface area contributed by atoms with Gasteiger partial charge in [0, 0.05) is 24.5 Å². The summed E-state index contributed by atoms with van der Waals surface area (Å²) in [6, 6.07) is 25.0. The standard InChI is InChI=1S/C31H35N3O3Si/c1-31(2,3)38(24-11-6-4-7-12-24,25-13-8-5-9-14-25)37-23-18-16-22(17-19-23)34-21-27(29(32)36)28(35)26-15-10-20-33-30(26)34/h4-15,20-23H,16-19H2,1-3H3,(H2,32,36). The quantitative estimate of drug-likeness (QED) is 0.374. The van der Waals surface area contributed by atoms with Crippen LogP contribution >= 0.6 is 0 Å². The zero-order valence-electron chi connectivity index (χ0n) is 22.3. The van der Waals surface area contributed by atoms with Crippen molar-refractivity contribution in [1.82, 2.24) is 9.55 Å². The Hall–Kier alpha value is -3.55. The van der Waals surface area contributed by atoms with Gasteiger partial charge in [0.2, 0.25) is 5.43 Å². The number of pyridine rings is 2. The fraction of sp³-hybridized carbons (Fsp3) is 0.323. The van der Waals surface area contributed by atoms with Gasteiger partial charge >= 0.3 is 0 Å². The number of primary amides is 1. The molecule has 0 spiro atoms. The summed E-state index contributed by atoms with van der Waals surface area (Å²) < 4.78 is 9.34. The van der Waals surface area contributed by atoms with Gasteiger partial charge in [-0.25, -0.2) is 4.98 Å². The third-order valence-electron chi connectivity index (χ3n) is 7.85. The van der Waals surface area contributed by atoms with E-state index in [0.717, 1.165) is 25.7 Å². The minimum Gasteiger partial charge on any atom is -0.404 e. The van der Waals surface area contributed by atoms with Gasteiger partial charge in [0.05, 0.1) is 5.39 Å². The lowest BCUT2D eigenvalue weighted by Crippen LogP contribution is -2.67. The van der Waals surface area contributed by atoms with E-state index in [4.69, 9.17) is 10.2 Å². The van der Waals surface area contributed by atoms with Gasteiger partial charge in [-0.05, 0) is 53.2 Å². The molecule has 38 heavy (non-hydrogen) atoms. The van der Waals surface area contributed by atoms with E-state index in [-0.39, 0.29) is 28.2 Å². The van der Waals surface area contributed by atoms with Gasteiger partial charge in [0.15, 0.2) is 0 Å². The third-order valence-corrected chi connectivity index (χ3v) is 12.9. The summed E-state index contributed by atoms with van der Waals surface area (Å²) >= 11 is 0. The van der Waals surface area contributed by atoms with Crippen LogP contribution < -0.4 is 21.5 Å². The van der Waals surface area contributed by atoms with E-state index < -0.39 is 14.2 Å². The second-order valence-electron chi connectivity index (χ2n) is 11.2. The number of rotatable bonds is 6. The molecule has 0 saturated heterocycles. The fourth-order valence-electron chi connectivity index (χ4n) is 6.02. The van der Waals surface area contributed by atoms with E-state index in [1.54, 1.807) is 24.5 Å². The van der Waals surface area contributed by atoms with Crippen LogP contribution in [0.2, 0.25) is 5.04 Å². The molecule has 0 radical (unpaired) electrons. The molecule has 4 aromatic rings. The Morgan fingerprint density at radius 2 is 1.50 bits per heavy atom. The maximum Gasteiger partial charge on any atom is 0.261 e. The fourth-order valence-corrected chi connectivity index (χ4v) is 10.8. The van der Waals surface area contributed by atoms with E-state index in [1.165, 1.54) is 10.4 Å². The van der Waals surface area contributed by atoms with Crippen molar-refractivity contribution in [3.05, 3.63) is 101 Å². The highest BCUT2D eigenvalue weighted by Crippen LogP contribution is 2.40. The minimum absolute atomic E-state index is 0.0104. The molecule has 0 atom stereocenters.